The van der Waals surface area contributed by atoms with E-state index in [-0.39, 0.29) is 35.0 Å². The zero-order valence-electron chi connectivity index (χ0n) is 22.4. The first kappa shape index (κ1) is 28.4. The van der Waals surface area contributed by atoms with Gasteiger partial charge in [0.25, 0.3) is 0 Å². The summed E-state index contributed by atoms with van der Waals surface area (Å²) < 4.78 is 28.3. The molecule has 37 heavy (non-hydrogen) atoms. The van der Waals surface area contributed by atoms with Gasteiger partial charge in [-0.2, -0.15) is 4.31 Å². The maximum atomic E-state index is 13.4. The van der Waals surface area contributed by atoms with Gasteiger partial charge in [-0.1, -0.05) is 33.1 Å². The number of fused-ring (bicyclic) bond motifs is 1. The Morgan fingerprint density at radius 3 is 2.54 bits per heavy atom. The maximum Gasteiger partial charge on any atom is 0.243 e. The molecule has 1 aromatic rings. The first-order valence-electron chi connectivity index (χ1n) is 13.7. The van der Waals surface area contributed by atoms with Crippen molar-refractivity contribution in [2.24, 2.45) is 11.8 Å². The second-order valence-electron chi connectivity index (χ2n) is 11.1. The van der Waals surface area contributed by atoms with Gasteiger partial charge in [0.05, 0.1) is 16.3 Å². The monoisotopic (exact) mass is 550 g/mol. The number of anilines is 1. The Kier molecular flexibility index (Phi) is 9.58. The van der Waals surface area contributed by atoms with Crippen LogP contribution >= 0.6 is 11.8 Å². The maximum absolute atomic E-state index is 13.4. The minimum absolute atomic E-state index is 0.00373. The molecule has 1 saturated heterocycles. The summed E-state index contributed by atoms with van der Waals surface area (Å²) in [6.07, 6.45) is 7.11. The lowest BCUT2D eigenvalue weighted by Gasteiger charge is -2.35. The predicted octanol–water partition coefficient (Wildman–Crippen LogP) is 3.56. The van der Waals surface area contributed by atoms with Gasteiger partial charge < -0.3 is 15.1 Å². The third-order valence-electron chi connectivity index (χ3n) is 7.86. The average molecular weight is 551 g/mol. The molecule has 1 aliphatic carbocycles. The first-order chi connectivity index (χ1) is 17.6. The molecule has 2 aliphatic heterocycles. The van der Waals surface area contributed by atoms with E-state index in [0.29, 0.717) is 24.1 Å². The quantitative estimate of drug-likeness (QED) is 0.473. The Labute approximate surface area is 226 Å². The molecule has 2 fully saturated rings. The van der Waals surface area contributed by atoms with Crippen LogP contribution in [0.25, 0.3) is 0 Å². The van der Waals surface area contributed by atoms with Crippen molar-refractivity contribution in [1.29, 1.82) is 0 Å². The van der Waals surface area contributed by atoms with Crippen molar-refractivity contribution in [3.63, 3.8) is 0 Å². The Bertz CT molecular complexity index is 1060. The summed E-state index contributed by atoms with van der Waals surface area (Å²) in [6, 6.07) is 4.96. The van der Waals surface area contributed by atoms with Crippen molar-refractivity contribution < 1.29 is 18.0 Å². The fraction of sp³-hybridized carbons (Fsp3) is 0.704. The lowest BCUT2D eigenvalue weighted by molar-refractivity contribution is -0.123. The van der Waals surface area contributed by atoms with Gasteiger partial charge in [-0.05, 0) is 62.3 Å². The van der Waals surface area contributed by atoms with Gasteiger partial charge >= 0.3 is 0 Å². The Morgan fingerprint density at radius 2 is 1.84 bits per heavy atom. The normalized spacial score (nSPS) is 23.8. The molecular weight excluding hydrogens is 508 g/mol. The molecule has 1 N–H and O–H groups in total. The zero-order chi connectivity index (χ0) is 26.6. The summed E-state index contributed by atoms with van der Waals surface area (Å²) in [5, 5.41) is 2.96. The summed E-state index contributed by atoms with van der Waals surface area (Å²) in [6.45, 7) is 8.20. The van der Waals surface area contributed by atoms with Gasteiger partial charge in [-0.3, -0.25) is 9.59 Å². The number of carbonyl (C=O) groups excluding carboxylic acids is 2. The summed E-state index contributed by atoms with van der Waals surface area (Å²) in [5.74, 6) is 1.24. The molecule has 2 heterocycles. The molecule has 2 amide bonds. The van der Waals surface area contributed by atoms with Crippen molar-refractivity contribution in [3.05, 3.63) is 18.2 Å². The number of carbonyl (C=O) groups is 2. The molecule has 1 aromatic carbocycles. The van der Waals surface area contributed by atoms with Gasteiger partial charge in [0, 0.05) is 37.6 Å². The van der Waals surface area contributed by atoms with Crippen LogP contribution in [0.3, 0.4) is 0 Å². The van der Waals surface area contributed by atoms with E-state index in [2.05, 4.69) is 24.1 Å². The highest BCUT2D eigenvalue weighted by Gasteiger charge is 2.32. The average Bonchev–Trinajstić information content (AvgIpc) is 2.87. The van der Waals surface area contributed by atoms with E-state index in [1.165, 1.54) is 27.4 Å². The van der Waals surface area contributed by atoms with Gasteiger partial charge in [0.1, 0.15) is 6.54 Å². The van der Waals surface area contributed by atoms with E-state index in [4.69, 9.17) is 0 Å². The first-order valence-corrected chi connectivity index (χ1v) is 16.1. The smallest absolute Gasteiger partial charge is 0.243 e. The summed E-state index contributed by atoms with van der Waals surface area (Å²) >= 11 is 1.38. The van der Waals surface area contributed by atoms with Crippen LogP contribution in [-0.4, -0.2) is 81.0 Å². The minimum Gasteiger partial charge on any atom is -0.355 e. The Balaban J connectivity index is 1.37. The number of hydrogen-bond acceptors (Lipinski definition) is 6. The standard InChI is InChI=1S/C27H42N4O4S2/c1-20-14-21(2)17-30(16-20)13-7-12-28-26(32)18-31-24-15-23(10-11-25(24)36-19-27(31)33)37(34,35)29(3)22-8-5-4-6-9-22/h10-11,15,20-22H,4-9,12-14,16-19H2,1-3H3,(H,28,32)/t20-,21+. The van der Waals surface area contributed by atoms with Crippen molar-refractivity contribution in [2.45, 2.75) is 74.6 Å². The third-order valence-corrected chi connectivity index (χ3v) is 10.8. The van der Waals surface area contributed by atoms with E-state index < -0.39 is 10.0 Å². The number of likely N-dealkylation sites (tertiary alicyclic amines) is 1. The van der Waals surface area contributed by atoms with Crippen LogP contribution in [-0.2, 0) is 19.6 Å². The van der Waals surface area contributed by atoms with E-state index >= 15 is 0 Å². The number of nitrogens with one attached hydrogen (secondary N) is 1. The van der Waals surface area contributed by atoms with Crippen LogP contribution in [0, 0.1) is 11.8 Å². The zero-order valence-corrected chi connectivity index (χ0v) is 24.1. The van der Waals surface area contributed by atoms with Crippen LogP contribution in [0.1, 0.15) is 58.8 Å². The molecule has 4 rings (SSSR count). The van der Waals surface area contributed by atoms with E-state index in [1.54, 1.807) is 25.2 Å². The number of rotatable bonds is 9. The molecule has 2 atom stereocenters. The largest absolute Gasteiger partial charge is 0.355 e. The Hall–Kier alpha value is -1.62. The molecule has 0 radical (unpaired) electrons. The molecule has 8 nitrogen and oxygen atoms in total. The highest BCUT2D eigenvalue weighted by molar-refractivity contribution is 8.00. The van der Waals surface area contributed by atoms with Crippen molar-refractivity contribution in [1.82, 2.24) is 14.5 Å². The summed E-state index contributed by atoms with van der Waals surface area (Å²) in [5.41, 5.74) is 0.505. The summed E-state index contributed by atoms with van der Waals surface area (Å²) in [4.78, 5) is 30.5. The van der Waals surface area contributed by atoms with Gasteiger partial charge in [-0.15, -0.1) is 11.8 Å². The second-order valence-corrected chi connectivity index (χ2v) is 14.1. The molecule has 206 valence electrons. The van der Waals surface area contributed by atoms with Crippen molar-refractivity contribution >= 4 is 39.3 Å². The van der Waals surface area contributed by atoms with Crippen LogP contribution in [0.5, 0.6) is 0 Å². The van der Waals surface area contributed by atoms with Gasteiger partial charge in [0.15, 0.2) is 0 Å². The van der Waals surface area contributed by atoms with Crippen LogP contribution in [0.4, 0.5) is 5.69 Å². The molecule has 0 aromatic heterocycles. The molecule has 1 saturated carbocycles. The van der Waals surface area contributed by atoms with Gasteiger partial charge in [-0.25, -0.2) is 8.42 Å². The van der Waals surface area contributed by atoms with Crippen LogP contribution in [0.15, 0.2) is 28.0 Å². The fourth-order valence-electron chi connectivity index (χ4n) is 6.03. The molecule has 10 heteroatoms. The van der Waals surface area contributed by atoms with Gasteiger partial charge in [0.2, 0.25) is 21.8 Å². The second kappa shape index (κ2) is 12.5. The van der Waals surface area contributed by atoms with E-state index in [1.807, 2.05) is 0 Å². The number of benzene rings is 1. The molecule has 3 aliphatic rings. The predicted molar refractivity (Wildman–Crippen MR) is 148 cm³/mol. The number of nitrogens with zero attached hydrogens (tertiary/aromatic N) is 3. The number of piperidine rings is 1. The van der Waals surface area contributed by atoms with E-state index in [0.717, 1.165) is 63.1 Å². The highest BCUT2D eigenvalue weighted by atomic mass is 32.2. The topological polar surface area (TPSA) is 90.0 Å². The lowest BCUT2D eigenvalue weighted by Crippen LogP contribution is -2.44. The summed E-state index contributed by atoms with van der Waals surface area (Å²) in [7, 11) is -2.04. The number of sulfonamides is 1. The lowest BCUT2D eigenvalue weighted by atomic mass is 9.92. The third kappa shape index (κ3) is 7.07. The molecule has 0 unspecified atom stereocenters. The van der Waals surface area contributed by atoms with Crippen LogP contribution < -0.4 is 10.2 Å². The number of hydrogen-bond donors (Lipinski definition) is 1. The fourth-order valence-corrected chi connectivity index (χ4v) is 8.38. The van der Waals surface area contributed by atoms with Crippen LogP contribution in [0.2, 0.25) is 0 Å². The molecule has 0 spiro atoms. The van der Waals surface area contributed by atoms with Crippen molar-refractivity contribution in [3.8, 4) is 0 Å². The number of thioether (sulfide) groups is 1. The highest BCUT2D eigenvalue weighted by Crippen LogP contribution is 2.38. The van der Waals surface area contributed by atoms with E-state index in [9.17, 15) is 18.0 Å². The minimum atomic E-state index is -3.70. The van der Waals surface area contributed by atoms with Crippen molar-refractivity contribution in [2.75, 3.05) is 50.4 Å². The molecule has 0 bridgehead atoms. The molecular formula is C27H42N4O4S2. The number of amides is 2. The SMILES string of the molecule is C[C@@H]1C[C@H](C)CN(CCCNC(=O)CN2C(=O)CSc3ccc(S(=O)(=O)N(C)C4CCCCC4)cc32)C1. The Morgan fingerprint density at radius 1 is 1.14 bits per heavy atom.